The molecule has 0 spiro atoms. The van der Waals surface area contributed by atoms with E-state index in [-0.39, 0.29) is 29.7 Å². The molecule has 1 amide bonds. The molecule has 0 aliphatic rings. The molecule has 0 aliphatic carbocycles. The van der Waals surface area contributed by atoms with E-state index in [0.29, 0.717) is 18.0 Å². The van der Waals surface area contributed by atoms with Crippen LogP contribution in [0.15, 0.2) is 18.2 Å². The Balaban J connectivity index is 2.40. The van der Waals surface area contributed by atoms with Gasteiger partial charge in [0.25, 0.3) is 0 Å². The SMILES string of the molecule is CN(CCC(N)=S)C(=O)CCOc1c(F)cccc1Cl. The lowest BCUT2D eigenvalue weighted by Crippen LogP contribution is -2.31. The summed E-state index contributed by atoms with van der Waals surface area (Å²) in [6.07, 6.45) is 0.593. The van der Waals surface area contributed by atoms with E-state index >= 15 is 0 Å². The molecule has 1 aromatic rings. The van der Waals surface area contributed by atoms with Crippen LogP contribution in [0.5, 0.6) is 5.75 Å². The van der Waals surface area contributed by atoms with Gasteiger partial charge in [-0.25, -0.2) is 4.39 Å². The van der Waals surface area contributed by atoms with Gasteiger partial charge in [-0.2, -0.15) is 0 Å². The highest BCUT2D eigenvalue weighted by Crippen LogP contribution is 2.27. The zero-order valence-corrected chi connectivity index (χ0v) is 12.6. The summed E-state index contributed by atoms with van der Waals surface area (Å²) in [5, 5.41) is 0.180. The van der Waals surface area contributed by atoms with Gasteiger partial charge in [-0.3, -0.25) is 4.79 Å². The third-order valence-corrected chi connectivity index (χ3v) is 3.10. The molecule has 1 aromatic carbocycles. The number of nitrogens with zero attached hydrogens (tertiary/aromatic N) is 1. The van der Waals surface area contributed by atoms with E-state index < -0.39 is 5.82 Å². The number of ether oxygens (including phenoxy) is 1. The van der Waals surface area contributed by atoms with E-state index in [9.17, 15) is 9.18 Å². The molecule has 110 valence electrons. The molecule has 2 N–H and O–H groups in total. The molecule has 0 heterocycles. The second-order valence-electron chi connectivity index (χ2n) is 4.18. The van der Waals surface area contributed by atoms with Crippen LogP contribution in [0, 0.1) is 5.82 Å². The quantitative estimate of drug-likeness (QED) is 0.784. The first-order valence-electron chi connectivity index (χ1n) is 6.01. The molecular weight excluding hydrogens is 303 g/mol. The Bertz CT molecular complexity index is 479. The standard InChI is InChI=1S/C13H16ClFN2O2S/c1-17(7-5-11(16)20)12(18)6-8-19-13-9(14)3-2-4-10(13)15/h2-4H,5-8H2,1H3,(H2,16,20). The fraction of sp³-hybridized carbons (Fsp3) is 0.385. The van der Waals surface area contributed by atoms with Crippen molar-refractivity contribution in [2.24, 2.45) is 5.73 Å². The van der Waals surface area contributed by atoms with Crippen molar-refractivity contribution < 1.29 is 13.9 Å². The first-order valence-corrected chi connectivity index (χ1v) is 6.79. The number of carbonyl (C=O) groups is 1. The Kier molecular flexibility index (Phi) is 6.67. The molecule has 1 rings (SSSR count). The fourth-order valence-corrected chi connectivity index (χ4v) is 1.76. The van der Waals surface area contributed by atoms with Crippen molar-refractivity contribution in [3.05, 3.63) is 29.0 Å². The molecular formula is C13H16ClFN2O2S. The first kappa shape index (κ1) is 16.7. The summed E-state index contributed by atoms with van der Waals surface area (Å²) in [4.78, 5) is 13.6. The van der Waals surface area contributed by atoms with Crippen molar-refractivity contribution in [3.8, 4) is 5.75 Å². The topological polar surface area (TPSA) is 55.6 Å². The Morgan fingerprint density at radius 3 is 2.80 bits per heavy atom. The molecule has 0 bridgehead atoms. The summed E-state index contributed by atoms with van der Waals surface area (Å²) < 4.78 is 18.6. The van der Waals surface area contributed by atoms with Crippen LogP contribution in [0.1, 0.15) is 12.8 Å². The maximum Gasteiger partial charge on any atom is 0.225 e. The zero-order valence-electron chi connectivity index (χ0n) is 11.1. The van der Waals surface area contributed by atoms with Gasteiger partial charge in [-0.05, 0) is 12.1 Å². The molecule has 4 nitrogen and oxygen atoms in total. The Hall–Kier alpha value is -1.40. The van der Waals surface area contributed by atoms with E-state index in [2.05, 4.69) is 0 Å². The van der Waals surface area contributed by atoms with E-state index in [4.69, 9.17) is 34.3 Å². The lowest BCUT2D eigenvalue weighted by molar-refractivity contribution is -0.130. The summed E-state index contributed by atoms with van der Waals surface area (Å²) in [7, 11) is 1.65. The van der Waals surface area contributed by atoms with Crippen LogP contribution < -0.4 is 10.5 Å². The molecule has 0 saturated carbocycles. The van der Waals surface area contributed by atoms with Gasteiger partial charge in [0.05, 0.1) is 23.0 Å². The Morgan fingerprint density at radius 1 is 1.50 bits per heavy atom. The van der Waals surface area contributed by atoms with Gasteiger partial charge in [0.1, 0.15) is 0 Å². The molecule has 0 fully saturated rings. The molecule has 0 radical (unpaired) electrons. The zero-order chi connectivity index (χ0) is 15.1. The van der Waals surface area contributed by atoms with Gasteiger partial charge < -0.3 is 15.4 Å². The van der Waals surface area contributed by atoms with E-state index in [1.807, 2.05) is 0 Å². The minimum atomic E-state index is -0.549. The van der Waals surface area contributed by atoms with Crippen LogP contribution in [0.3, 0.4) is 0 Å². The number of carbonyl (C=O) groups excluding carboxylic acids is 1. The number of amides is 1. The van der Waals surface area contributed by atoms with Crippen molar-refractivity contribution in [3.63, 3.8) is 0 Å². The van der Waals surface area contributed by atoms with Crippen LogP contribution in [0.25, 0.3) is 0 Å². The van der Waals surface area contributed by atoms with E-state index in [1.165, 1.54) is 23.1 Å². The number of halogens is 2. The third kappa shape index (κ3) is 5.30. The summed E-state index contributed by atoms with van der Waals surface area (Å²) in [5.74, 6) is -0.715. The number of hydrogen-bond acceptors (Lipinski definition) is 3. The van der Waals surface area contributed by atoms with Crippen LogP contribution in [-0.4, -0.2) is 36.0 Å². The smallest absolute Gasteiger partial charge is 0.225 e. The van der Waals surface area contributed by atoms with Gasteiger partial charge >= 0.3 is 0 Å². The van der Waals surface area contributed by atoms with Crippen LogP contribution in [0.4, 0.5) is 4.39 Å². The second kappa shape index (κ2) is 8.01. The average molecular weight is 319 g/mol. The highest BCUT2D eigenvalue weighted by atomic mass is 35.5. The largest absolute Gasteiger partial charge is 0.488 e. The number of hydrogen-bond donors (Lipinski definition) is 1. The fourth-order valence-electron chi connectivity index (χ4n) is 1.45. The predicted molar refractivity (Wildman–Crippen MR) is 80.6 cm³/mol. The predicted octanol–water partition coefficient (Wildman–Crippen LogP) is 2.38. The van der Waals surface area contributed by atoms with Crippen molar-refractivity contribution in [2.75, 3.05) is 20.2 Å². The minimum absolute atomic E-state index is 0.0345. The van der Waals surface area contributed by atoms with Gasteiger partial charge in [0.15, 0.2) is 11.6 Å². The third-order valence-electron chi connectivity index (χ3n) is 2.60. The van der Waals surface area contributed by atoms with Crippen LogP contribution in [0.2, 0.25) is 5.02 Å². The second-order valence-corrected chi connectivity index (χ2v) is 5.11. The maximum absolute atomic E-state index is 13.4. The minimum Gasteiger partial charge on any atom is -0.488 e. The Labute approximate surface area is 127 Å². The number of nitrogens with two attached hydrogens (primary N) is 1. The van der Waals surface area contributed by atoms with Crippen molar-refractivity contribution in [1.29, 1.82) is 0 Å². The van der Waals surface area contributed by atoms with Gasteiger partial charge in [-0.1, -0.05) is 29.9 Å². The van der Waals surface area contributed by atoms with Crippen LogP contribution >= 0.6 is 23.8 Å². The molecule has 0 unspecified atom stereocenters. The van der Waals surface area contributed by atoms with Crippen molar-refractivity contribution in [2.45, 2.75) is 12.8 Å². The highest BCUT2D eigenvalue weighted by Gasteiger charge is 2.12. The maximum atomic E-state index is 13.4. The number of benzene rings is 1. The molecule has 0 saturated heterocycles. The molecule has 0 aliphatic heterocycles. The molecule has 7 heteroatoms. The van der Waals surface area contributed by atoms with Crippen molar-refractivity contribution in [1.82, 2.24) is 4.90 Å². The van der Waals surface area contributed by atoms with Gasteiger partial charge in [0.2, 0.25) is 5.91 Å². The van der Waals surface area contributed by atoms with Gasteiger partial charge in [-0.15, -0.1) is 0 Å². The number of rotatable bonds is 7. The Morgan fingerprint density at radius 2 is 2.20 bits per heavy atom. The molecule has 20 heavy (non-hydrogen) atoms. The lowest BCUT2D eigenvalue weighted by atomic mass is 10.3. The highest BCUT2D eigenvalue weighted by molar-refractivity contribution is 7.80. The molecule has 0 aromatic heterocycles. The monoisotopic (exact) mass is 318 g/mol. The summed E-state index contributed by atoms with van der Waals surface area (Å²) >= 11 is 10.5. The summed E-state index contributed by atoms with van der Waals surface area (Å²) in [6.45, 7) is 0.505. The first-order chi connectivity index (χ1) is 9.41. The lowest BCUT2D eigenvalue weighted by Gasteiger charge is -2.17. The summed E-state index contributed by atoms with van der Waals surface area (Å²) in [5.41, 5.74) is 5.36. The normalized spacial score (nSPS) is 10.2. The van der Waals surface area contributed by atoms with E-state index in [1.54, 1.807) is 7.05 Å². The number of thiocarbonyl (C=S) groups is 1. The molecule has 0 atom stereocenters. The van der Waals surface area contributed by atoms with Crippen molar-refractivity contribution >= 4 is 34.7 Å². The van der Waals surface area contributed by atoms with Crippen LogP contribution in [-0.2, 0) is 4.79 Å². The van der Waals surface area contributed by atoms with Gasteiger partial charge in [0, 0.05) is 20.0 Å². The average Bonchev–Trinajstić information content (AvgIpc) is 2.39. The number of para-hydroxylation sites is 1. The summed E-state index contributed by atoms with van der Waals surface area (Å²) in [6, 6.07) is 4.26. The van der Waals surface area contributed by atoms with E-state index in [0.717, 1.165) is 0 Å².